The highest BCUT2D eigenvalue weighted by molar-refractivity contribution is 7.80. The van der Waals surface area contributed by atoms with Gasteiger partial charge in [-0.2, -0.15) is 12.6 Å². The molecule has 4 nitrogen and oxygen atoms in total. The fourth-order valence-corrected chi connectivity index (χ4v) is 1.81. The summed E-state index contributed by atoms with van der Waals surface area (Å²) in [6, 6.07) is -0.857. The maximum Gasteiger partial charge on any atom is 0.327 e. The van der Waals surface area contributed by atoms with Crippen molar-refractivity contribution in [2.24, 2.45) is 5.92 Å². The minimum atomic E-state index is -1.04. The first kappa shape index (κ1) is 10.9. The van der Waals surface area contributed by atoms with Crippen LogP contribution in [0.2, 0.25) is 0 Å². The van der Waals surface area contributed by atoms with Crippen molar-refractivity contribution in [2.45, 2.75) is 12.5 Å². The van der Waals surface area contributed by atoms with Gasteiger partial charge in [-0.3, -0.25) is 4.79 Å². The Kier molecular flexibility index (Phi) is 3.42. The van der Waals surface area contributed by atoms with Gasteiger partial charge in [-0.1, -0.05) is 0 Å². The number of rotatable bonds is 3. The quantitative estimate of drug-likeness (QED) is 0.506. The SMILES string of the molecule is C#CC1CC(=O)N(C(CS)C(=O)O)C1. The second-order valence-electron chi connectivity index (χ2n) is 3.15. The number of amides is 1. The molecular formula is C9H11NO3S. The smallest absolute Gasteiger partial charge is 0.327 e. The first-order valence-corrected chi connectivity index (χ1v) is 4.82. The van der Waals surface area contributed by atoms with Gasteiger partial charge in [0.15, 0.2) is 0 Å². The van der Waals surface area contributed by atoms with Crippen LogP contribution in [-0.4, -0.2) is 40.2 Å². The van der Waals surface area contributed by atoms with Crippen LogP contribution in [0, 0.1) is 18.3 Å². The molecule has 1 aliphatic rings. The fourth-order valence-electron chi connectivity index (χ4n) is 1.45. The molecule has 1 heterocycles. The lowest BCUT2D eigenvalue weighted by molar-refractivity contribution is -0.147. The van der Waals surface area contributed by atoms with Gasteiger partial charge in [0.2, 0.25) is 5.91 Å². The van der Waals surface area contributed by atoms with Gasteiger partial charge < -0.3 is 10.0 Å². The summed E-state index contributed by atoms with van der Waals surface area (Å²) in [7, 11) is 0. The van der Waals surface area contributed by atoms with Gasteiger partial charge in [0, 0.05) is 24.6 Å². The Morgan fingerprint density at radius 1 is 1.86 bits per heavy atom. The molecule has 5 heteroatoms. The van der Waals surface area contributed by atoms with Crippen molar-refractivity contribution in [1.82, 2.24) is 4.90 Å². The second kappa shape index (κ2) is 4.38. The van der Waals surface area contributed by atoms with Crippen molar-refractivity contribution in [3.8, 4) is 12.3 Å². The molecule has 1 N–H and O–H groups in total. The molecule has 0 saturated carbocycles. The van der Waals surface area contributed by atoms with Crippen LogP contribution in [0.1, 0.15) is 6.42 Å². The van der Waals surface area contributed by atoms with E-state index in [-0.39, 0.29) is 24.0 Å². The molecule has 0 radical (unpaired) electrons. The highest BCUT2D eigenvalue weighted by Crippen LogP contribution is 2.20. The number of carboxylic acid groups (broad SMARTS) is 1. The summed E-state index contributed by atoms with van der Waals surface area (Å²) < 4.78 is 0. The molecule has 1 fully saturated rings. The predicted molar refractivity (Wildman–Crippen MR) is 53.9 cm³/mol. The first-order valence-electron chi connectivity index (χ1n) is 4.19. The number of thiol groups is 1. The van der Waals surface area contributed by atoms with Crippen molar-refractivity contribution >= 4 is 24.5 Å². The summed E-state index contributed by atoms with van der Waals surface area (Å²) in [5.74, 6) is 1.17. The molecule has 1 rings (SSSR count). The van der Waals surface area contributed by atoms with E-state index in [1.807, 2.05) is 0 Å². The Morgan fingerprint density at radius 2 is 2.50 bits per heavy atom. The number of aliphatic carboxylic acids is 1. The lowest BCUT2D eigenvalue weighted by atomic mass is 10.1. The Bertz CT molecular complexity index is 297. The number of carbonyl (C=O) groups excluding carboxylic acids is 1. The minimum absolute atomic E-state index is 0.109. The minimum Gasteiger partial charge on any atom is -0.480 e. The largest absolute Gasteiger partial charge is 0.480 e. The molecule has 0 bridgehead atoms. The molecule has 1 aliphatic heterocycles. The van der Waals surface area contributed by atoms with E-state index in [4.69, 9.17) is 11.5 Å². The molecule has 0 aliphatic carbocycles. The van der Waals surface area contributed by atoms with E-state index in [9.17, 15) is 9.59 Å². The molecule has 2 unspecified atom stereocenters. The van der Waals surface area contributed by atoms with E-state index in [1.54, 1.807) is 0 Å². The molecular weight excluding hydrogens is 202 g/mol. The molecule has 14 heavy (non-hydrogen) atoms. The van der Waals surface area contributed by atoms with E-state index in [0.29, 0.717) is 6.54 Å². The van der Waals surface area contributed by atoms with Crippen LogP contribution in [0.25, 0.3) is 0 Å². The van der Waals surface area contributed by atoms with Gasteiger partial charge in [-0.15, -0.1) is 12.3 Å². The number of hydrogen-bond donors (Lipinski definition) is 2. The summed E-state index contributed by atoms with van der Waals surface area (Å²) in [6.45, 7) is 0.326. The summed E-state index contributed by atoms with van der Waals surface area (Å²) in [5.41, 5.74) is 0. The van der Waals surface area contributed by atoms with Gasteiger partial charge in [0.25, 0.3) is 0 Å². The summed E-state index contributed by atoms with van der Waals surface area (Å²) >= 11 is 3.90. The lowest BCUT2D eigenvalue weighted by Gasteiger charge is -2.22. The van der Waals surface area contributed by atoms with Crippen LogP contribution >= 0.6 is 12.6 Å². The molecule has 0 aromatic carbocycles. The summed E-state index contributed by atoms with van der Waals surface area (Å²) in [6.07, 6.45) is 5.42. The zero-order valence-electron chi connectivity index (χ0n) is 7.51. The third-order valence-corrected chi connectivity index (χ3v) is 2.57. The third-order valence-electron chi connectivity index (χ3n) is 2.23. The average molecular weight is 213 g/mol. The molecule has 2 atom stereocenters. The Morgan fingerprint density at radius 3 is 2.86 bits per heavy atom. The molecule has 1 saturated heterocycles. The topological polar surface area (TPSA) is 57.6 Å². The van der Waals surface area contributed by atoms with E-state index in [1.165, 1.54) is 4.90 Å². The highest BCUT2D eigenvalue weighted by Gasteiger charge is 2.36. The standard InChI is InChI=1S/C9H11NO3S/c1-2-6-3-8(11)10(4-6)7(5-14)9(12)13/h1,6-7,14H,3-5H2,(H,12,13). The van der Waals surface area contributed by atoms with Crippen molar-refractivity contribution in [1.29, 1.82) is 0 Å². The van der Waals surface area contributed by atoms with Gasteiger partial charge in [0.1, 0.15) is 6.04 Å². The van der Waals surface area contributed by atoms with E-state index in [2.05, 4.69) is 18.5 Å². The number of nitrogens with zero attached hydrogens (tertiary/aromatic N) is 1. The Labute approximate surface area is 87.7 Å². The number of hydrogen-bond acceptors (Lipinski definition) is 3. The molecule has 1 amide bonds. The van der Waals surface area contributed by atoms with Crippen molar-refractivity contribution in [2.75, 3.05) is 12.3 Å². The molecule has 0 aromatic rings. The highest BCUT2D eigenvalue weighted by atomic mass is 32.1. The van der Waals surface area contributed by atoms with Gasteiger partial charge in [0.05, 0.1) is 0 Å². The van der Waals surface area contributed by atoms with Crippen molar-refractivity contribution in [3.05, 3.63) is 0 Å². The van der Waals surface area contributed by atoms with Gasteiger partial charge >= 0.3 is 5.97 Å². The summed E-state index contributed by atoms with van der Waals surface area (Å²) in [4.78, 5) is 23.4. The predicted octanol–water partition coefficient (Wildman–Crippen LogP) is -0.149. The number of terminal acetylenes is 1. The number of carboxylic acids is 1. The Hall–Kier alpha value is -1.15. The third kappa shape index (κ3) is 2.02. The van der Waals surface area contributed by atoms with E-state index >= 15 is 0 Å². The fraction of sp³-hybridized carbons (Fsp3) is 0.556. The number of likely N-dealkylation sites (tertiary alicyclic amines) is 1. The van der Waals surface area contributed by atoms with Gasteiger partial charge in [-0.05, 0) is 0 Å². The molecule has 0 spiro atoms. The normalized spacial score (nSPS) is 23.3. The van der Waals surface area contributed by atoms with Crippen LogP contribution in [-0.2, 0) is 9.59 Å². The molecule has 76 valence electrons. The maximum absolute atomic E-state index is 11.4. The lowest BCUT2D eigenvalue weighted by Crippen LogP contribution is -2.43. The average Bonchev–Trinajstić information content (AvgIpc) is 2.48. The first-order chi connectivity index (χ1) is 6.60. The zero-order valence-corrected chi connectivity index (χ0v) is 8.41. The van der Waals surface area contributed by atoms with Gasteiger partial charge in [-0.25, -0.2) is 4.79 Å². The van der Waals surface area contributed by atoms with Crippen molar-refractivity contribution < 1.29 is 14.7 Å². The second-order valence-corrected chi connectivity index (χ2v) is 3.52. The monoisotopic (exact) mass is 213 g/mol. The zero-order chi connectivity index (χ0) is 10.7. The van der Waals surface area contributed by atoms with Crippen LogP contribution in [0.3, 0.4) is 0 Å². The van der Waals surface area contributed by atoms with Crippen LogP contribution in [0.15, 0.2) is 0 Å². The van der Waals surface area contributed by atoms with E-state index in [0.717, 1.165) is 0 Å². The van der Waals surface area contributed by atoms with Crippen molar-refractivity contribution in [3.63, 3.8) is 0 Å². The maximum atomic E-state index is 11.4. The summed E-state index contributed by atoms with van der Waals surface area (Å²) in [5, 5.41) is 8.82. The van der Waals surface area contributed by atoms with Crippen LogP contribution in [0.5, 0.6) is 0 Å². The number of carbonyl (C=O) groups is 2. The Balaban J connectivity index is 2.74. The van der Waals surface area contributed by atoms with E-state index < -0.39 is 12.0 Å². The molecule has 0 aromatic heterocycles. The van der Waals surface area contributed by atoms with Crippen LogP contribution < -0.4 is 0 Å². The van der Waals surface area contributed by atoms with Crippen LogP contribution in [0.4, 0.5) is 0 Å².